The highest BCUT2D eigenvalue weighted by Crippen LogP contribution is 2.26. The summed E-state index contributed by atoms with van der Waals surface area (Å²) in [5.41, 5.74) is 1.17. The summed E-state index contributed by atoms with van der Waals surface area (Å²) in [7, 11) is 1.61. The fourth-order valence-corrected chi connectivity index (χ4v) is 2.65. The van der Waals surface area contributed by atoms with Crippen LogP contribution in [0.3, 0.4) is 0 Å². The highest BCUT2D eigenvalue weighted by Gasteiger charge is 2.32. The smallest absolute Gasteiger partial charge is 0.405 e. The predicted molar refractivity (Wildman–Crippen MR) is 103 cm³/mol. The molecular weight excluding hydrogens is 387 g/mol. The largest absolute Gasteiger partial charge is 0.573 e. The number of hydrogen-bond acceptors (Lipinski definition) is 4. The highest BCUT2D eigenvalue weighted by atomic mass is 19.4. The van der Waals surface area contributed by atoms with Gasteiger partial charge in [-0.1, -0.05) is 24.3 Å². The van der Waals surface area contributed by atoms with Crippen molar-refractivity contribution in [3.63, 3.8) is 0 Å². The predicted octanol–water partition coefficient (Wildman–Crippen LogP) is 3.41. The summed E-state index contributed by atoms with van der Waals surface area (Å²) in [6.45, 7) is 2.31. The van der Waals surface area contributed by atoms with Gasteiger partial charge < -0.3 is 15.4 Å². The zero-order valence-electron chi connectivity index (χ0n) is 16.0. The van der Waals surface area contributed by atoms with Crippen LogP contribution in [0, 0.1) is 0 Å². The lowest BCUT2D eigenvalue weighted by Crippen LogP contribution is -2.30. The number of hydrogen-bond donors (Lipinski definition) is 2. The van der Waals surface area contributed by atoms with E-state index in [9.17, 15) is 22.8 Å². The highest BCUT2D eigenvalue weighted by molar-refractivity contribution is 5.97. The third-order valence-corrected chi connectivity index (χ3v) is 3.80. The number of carbonyl (C=O) groups is 2. The molecule has 156 valence electrons. The Balaban J connectivity index is 1.97. The molecule has 2 N–H and O–H groups in total. The molecule has 2 amide bonds. The lowest BCUT2D eigenvalue weighted by Gasteiger charge is -2.19. The molecule has 6 nitrogen and oxygen atoms in total. The first-order chi connectivity index (χ1) is 13.7. The van der Waals surface area contributed by atoms with Crippen molar-refractivity contribution < 1.29 is 27.5 Å². The van der Waals surface area contributed by atoms with E-state index in [0.29, 0.717) is 23.4 Å². The van der Waals surface area contributed by atoms with Crippen molar-refractivity contribution >= 4 is 17.5 Å². The Morgan fingerprint density at radius 3 is 2.52 bits per heavy atom. The Hall–Kier alpha value is -3.07. The van der Waals surface area contributed by atoms with Crippen molar-refractivity contribution in [3.8, 4) is 5.75 Å². The van der Waals surface area contributed by atoms with Gasteiger partial charge in [0.05, 0.1) is 6.54 Å². The normalized spacial score (nSPS) is 11.2. The minimum absolute atomic E-state index is 0.0638. The standard InChI is InChI=1S/C20H22F3N3O3/c1-3-24-19(28)14-8-6-9-16(11-14)25-18(27)13-26(2)12-15-7-4-5-10-17(15)29-20(21,22)23/h4-11H,3,12-13H2,1-2H3,(H,24,28)(H,25,27). The molecule has 0 aromatic heterocycles. The molecule has 9 heteroatoms. The van der Waals surface area contributed by atoms with E-state index in [1.54, 1.807) is 49.2 Å². The van der Waals surface area contributed by atoms with E-state index in [2.05, 4.69) is 15.4 Å². The van der Waals surface area contributed by atoms with Crippen molar-refractivity contribution in [1.82, 2.24) is 10.2 Å². The van der Waals surface area contributed by atoms with Gasteiger partial charge in [0, 0.05) is 29.9 Å². The first-order valence-electron chi connectivity index (χ1n) is 8.88. The Bertz CT molecular complexity index is 856. The van der Waals surface area contributed by atoms with Gasteiger partial charge in [-0.2, -0.15) is 0 Å². The number of halogens is 3. The van der Waals surface area contributed by atoms with Crippen LogP contribution >= 0.6 is 0 Å². The van der Waals surface area contributed by atoms with E-state index in [1.807, 2.05) is 0 Å². The van der Waals surface area contributed by atoms with Gasteiger partial charge in [0.2, 0.25) is 5.91 Å². The molecule has 0 heterocycles. The van der Waals surface area contributed by atoms with Crippen LogP contribution in [0.1, 0.15) is 22.8 Å². The van der Waals surface area contributed by atoms with Gasteiger partial charge in [0.15, 0.2) is 0 Å². The Morgan fingerprint density at radius 2 is 1.83 bits per heavy atom. The fraction of sp³-hybridized carbons (Fsp3) is 0.300. The zero-order valence-corrected chi connectivity index (χ0v) is 16.0. The van der Waals surface area contributed by atoms with E-state index in [1.165, 1.54) is 18.2 Å². The first kappa shape index (κ1) is 22.2. The van der Waals surface area contributed by atoms with Crippen LogP contribution in [-0.2, 0) is 11.3 Å². The number of likely N-dealkylation sites (N-methyl/N-ethyl adjacent to an activating group) is 1. The van der Waals surface area contributed by atoms with E-state index in [-0.39, 0.29) is 30.7 Å². The Kier molecular flexibility index (Phi) is 7.60. The second kappa shape index (κ2) is 9.92. The summed E-state index contributed by atoms with van der Waals surface area (Å²) in [6.07, 6.45) is -4.79. The van der Waals surface area contributed by atoms with Gasteiger partial charge in [0.25, 0.3) is 5.91 Å². The molecule has 0 aliphatic heterocycles. The van der Waals surface area contributed by atoms with Crippen LogP contribution in [0.2, 0.25) is 0 Å². The number of carbonyl (C=O) groups excluding carboxylic acids is 2. The number of nitrogens with one attached hydrogen (secondary N) is 2. The molecule has 0 fully saturated rings. The number of benzene rings is 2. The first-order valence-corrected chi connectivity index (χ1v) is 8.88. The van der Waals surface area contributed by atoms with E-state index in [0.717, 1.165) is 0 Å². The molecule has 0 atom stereocenters. The van der Waals surface area contributed by atoms with Gasteiger partial charge in [-0.3, -0.25) is 14.5 Å². The topological polar surface area (TPSA) is 70.7 Å². The van der Waals surface area contributed by atoms with Gasteiger partial charge in [-0.25, -0.2) is 0 Å². The molecule has 0 radical (unpaired) electrons. The molecule has 0 aliphatic rings. The maximum absolute atomic E-state index is 12.5. The minimum atomic E-state index is -4.79. The summed E-state index contributed by atoms with van der Waals surface area (Å²) in [6, 6.07) is 12.2. The number of nitrogens with zero attached hydrogens (tertiary/aromatic N) is 1. The number of amides is 2. The van der Waals surface area contributed by atoms with Crippen LogP contribution in [0.25, 0.3) is 0 Å². The summed E-state index contributed by atoms with van der Waals surface area (Å²) in [5, 5.41) is 5.35. The van der Waals surface area contributed by atoms with E-state index in [4.69, 9.17) is 0 Å². The van der Waals surface area contributed by atoms with Crippen molar-refractivity contribution in [1.29, 1.82) is 0 Å². The van der Waals surface area contributed by atoms with Crippen molar-refractivity contribution in [2.45, 2.75) is 19.8 Å². The zero-order chi connectivity index (χ0) is 21.4. The number of anilines is 1. The molecular formula is C20H22F3N3O3. The molecule has 2 aromatic rings. The number of alkyl halides is 3. The lowest BCUT2D eigenvalue weighted by molar-refractivity contribution is -0.275. The molecule has 2 rings (SSSR count). The average Bonchev–Trinajstić information content (AvgIpc) is 2.62. The molecule has 0 saturated heterocycles. The molecule has 0 unspecified atom stereocenters. The minimum Gasteiger partial charge on any atom is -0.405 e. The van der Waals surface area contributed by atoms with Gasteiger partial charge in [-0.05, 0) is 38.2 Å². The maximum Gasteiger partial charge on any atom is 0.573 e. The van der Waals surface area contributed by atoms with Crippen LogP contribution in [-0.4, -0.2) is 43.2 Å². The molecule has 2 aromatic carbocycles. The van der Waals surface area contributed by atoms with Crippen LogP contribution in [0.15, 0.2) is 48.5 Å². The Morgan fingerprint density at radius 1 is 1.10 bits per heavy atom. The lowest BCUT2D eigenvalue weighted by atomic mass is 10.2. The summed E-state index contributed by atoms with van der Waals surface area (Å²) < 4.78 is 41.6. The quantitative estimate of drug-likeness (QED) is 0.701. The second-order valence-corrected chi connectivity index (χ2v) is 6.32. The maximum atomic E-state index is 12.5. The van der Waals surface area contributed by atoms with Gasteiger partial charge >= 0.3 is 6.36 Å². The van der Waals surface area contributed by atoms with Crippen molar-refractivity contribution in [3.05, 3.63) is 59.7 Å². The molecule has 29 heavy (non-hydrogen) atoms. The summed E-state index contributed by atoms with van der Waals surface area (Å²) in [4.78, 5) is 25.7. The molecule has 0 spiro atoms. The molecule has 0 aliphatic carbocycles. The summed E-state index contributed by atoms with van der Waals surface area (Å²) >= 11 is 0. The van der Waals surface area contributed by atoms with Crippen LogP contribution in [0.5, 0.6) is 5.75 Å². The summed E-state index contributed by atoms with van der Waals surface area (Å²) in [5.74, 6) is -0.918. The molecule has 0 saturated carbocycles. The number of para-hydroxylation sites is 1. The third-order valence-electron chi connectivity index (χ3n) is 3.80. The Labute approximate surface area is 166 Å². The average molecular weight is 409 g/mol. The molecule has 0 bridgehead atoms. The van der Waals surface area contributed by atoms with Gasteiger partial charge in [0.1, 0.15) is 5.75 Å². The fourth-order valence-electron chi connectivity index (χ4n) is 2.65. The third kappa shape index (κ3) is 7.46. The second-order valence-electron chi connectivity index (χ2n) is 6.32. The number of rotatable bonds is 8. The van der Waals surface area contributed by atoms with Crippen molar-refractivity contribution in [2.24, 2.45) is 0 Å². The SMILES string of the molecule is CCNC(=O)c1cccc(NC(=O)CN(C)Cc2ccccc2OC(F)(F)F)c1. The monoisotopic (exact) mass is 409 g/mol. The van der Waals surface area contributed by atoms with Gasteiger partial charge in [-0.15, -0.1) is 13.2 Å². The van der Waals surface area contributed by atoms with E-state index < -0.39 is 6.36 Å². The van der Waals surface area contributed by atoms with Crippen LogP contribution < -0.4 is 15.4 Å². The van der Waals surface area contributed by atoms with Crippen molar-refractivity contribution in [2.75, 3.05) is 25.5 Å². The van der Waals surface area contributed by atoms with Crippen LogP contribution in [0.4, 0.5) is 18.9 Å². The number of ether oxygens (including phenoxy) is 1. The van der Waals surface area contributed by atoms with E-state index >= 15 is 0 Å².